The fourth-order valence-electron chi connectivity index (χ4n) is 3.30. The number of anilines is 3. The summed E-state index contributed by atoms with van der Waals surface area (Å²) in [6.45, 7) is 0.0499. The molecule has 3 aromatic rings. The molecule has 3 rings (SSSR count). The topological polar surface area (TPSA) is 109 Å². The van der Waals surface area contributed by atoms with Crippen LogP contribution in [0.1, 0.15) is 10.4 Å². The smallest absolute Gasteiger partial charge is 0.255 e. The van der Waals surface area contributed by atoms with Crippen molar-refractivity contribution in [2.45, 2.75) is 0 Å². The Morgan fingerprint density at radius 1 is 0.743 bits per heavy atom. The van der Waals surface area contributed by atoms with Crippen LogP contribution in [0, 0.1) is 0 Å². The third-order valence-corrected chi connectivity index (χ3v) is 4.97. The first-order chi connectivity index (χ1) is 16.9. The van der Waals surface area contributed by atoms with Crippen molar-refractivity contribution in [2.24, 2.45) is 0 Å². The van der Waals surface area contributed by atoms with Gasteiger partial charge in [-0.3, -0.25) is 19.3 Å². The van der Waals surface area contributed by atoms with Gasteiger partial charge in [-0.15, -0.1) is 0 Å². The minimum absolute atomic E-state index is 0.0154. The van der Waals surface area contributed by atoms with Gasteiger partial charge in [0.15, 0.2) is 0 Å². The molecule has 0 aliphatic carbocycles. The Morgan fingerprint density at radius 3 is 2.06 bits per heavy atom. The molecular formula is C26H28N4O5. The summed E-state index contributed by atoms with van der Waals surface area (Å²) < 4.78 is 10.4. The number of rotatable bonds is 10. The Hall–Kier alpha value is -4.37. The molecule has 0 unspecified atom stereocenters. The maximum Gasteiger partial charge on any atom is 0.255 e. The number of likely N-dealkylation sites (N-methyl/N-ethyl adjacent to an activating group) is 1. The van der Waals surface area contributed by atoms with Gasteiger partial charge in [0, 0.05) is 23.0 Å². The summed E-state index contributed by atoms with van der Waals surface area (Å²) in [6.07, 6.45) is 0. The molecule has 0 spiro atoms. The number of ether oxygens (including phenoxy) is 2. The van der Waals surface area contributed by atoms with Gasteiger partial charge < -0.3 is 25.4 Å². The van der Waals surface area contributed by atoms with Crippen molar-refractivity contribution in [1.29, 1.82) is 0 Å². The molecule has 0 aliphatic heterocycles. The van der Waals surface area contributed by atoms with E-state index in [4.69, 9.17) is 9.47 Å². The molecule has 3 amide bonds. The van der Waals surface area contributed by atoms with E-state index in [0.29, 0.717) is 34.1 Å². The van der Waals surface area contributed by atoms with Gasteiger partial charge in [-0.1, -0.05) is 18.2 Å². The van der Waals surface area contributed by atoms with E-state index >= 15 is 0 Å². The highest BCUT2D eigenvalue weighted by molar-refractivity contribution is 6.05. The monoisotopic (exact) mass is 476 g/mol. The van der Waals surface area contributed by atoms with Crippen LogP contribution in [0.4, 0.5) is 17.1 Å². The molecule has 0 fully saturated rings. The van der Waals surface area contributed by atoms with Crippen molar-refractivity contribution in [3.8, 4) is 11.5 Å². The Morgan fingerprint density at radius 2 is 1.40 bits per heavy atom. The zero-order valence-corrected chi connectivity index (χ0v) is 19.8. The Bertz CT molecular complexity index is 1180. The summed E-state index contributed by atoms with van der Waals surface area (Å²) >= 11 is 0. The normalized spacial score (nSPS) is 10.4. The first-order valence-electron chi connectivity index (χ1n) is 10.8. The Labute approximate surface area is 204 Å². The Kier molecular flexibility index (Phi) is 8.80. The fourth-order valence-corrected chi connectivity index (χ4v) is 3.30. The van der Waals surface area contributed by atoms with Crippen molar-refractivity contribution in [1.82, 2.24) is 4.90 Å². The lowest BCUT2D eigenvalue weighted by Crippen LogP contribution is -2.36. The number of nitrogens with one attached hydrogen (secondary N) is 3. The largest absolute Gasteiger partial charge is 0.497 e. The van der Waals surface area contributed by atoms with Crippen molar-refractivity contribution in [2.75, 3.05) is 50.3 Å². The van der Waals surface area contributed by atoms with Crippen LogP contribution >= 0.6 is 0 Å². The van der Waals surface area contributed by atoms with Gasteiger partial charge in [-0.2, -0.15) is 0 Å². The average molecular weight is 477 g/mol. The second-order valence-corrected chi connectivity index (χ2v) is 7.73. The molecule has 3 aromatic carbocycles. The van der Waals surface area contributed by atoms with Crippen LogP contribution in [-0.2, 0) is 9.59 Å². The number of hydrogen-bond donors (Lipinski definition) is 3. The van der Waals surface area contributed by atoms with Crippen LogP contribution in [0.25, 0.3) is 0 Å². The number of methoxy groups -OCH3 is 2. The molecule has 0 heterocycles. The SMILES string of the molecule is COc1cccc(NC(=O)CN(C)CC(=O)Nc2ccc(C(=O)Nc3ccccc3OC)cc2)c1. The van der Waals surface area contributed by atoms with E-state index in [1.54, 1.807) is 85.8 Å². The van der Waals surface area contributed by atoms with Gasteiger partial charge in [0.1, 0.15) is 11.5 Å². The van der Waals surface area contributed by atoms with E-state index in [0.717, 1.165) is 0 Å². The van der Waals surface area contributed by atoms with Crippen LogP contribution in [0.15, 0.2) is 72.8 Å². The highest BCUT2D eigenvalue weighted by atomic mass is 16.5. The highest BCUT2D eigenvalue weighted by Gasteiger charge is 2.13. The summed E-state index contributed by atoms with van der Waals surface area (Å²) in [5.74, 6) is 0.367. The standard InChI is InChI=1S/C26H28N4O5/c1-30(17-25(32)28-20-7-6-8-21(15-20)34-2)16-24(31)27-19-13-11-18(12-14-19)26(33)29-22-9-4-5-10-23(22)35-3/h4-15H,16-17H2,1-3H3,(H,27,31)(H,28,32)(H,29,33). The van der Waals surface area contributed by atoms with Crippen LogP contribution in [0.3, 0.4) is 0 Å². The predicted molar refractivity (Wildman–Crippen MR) is 135 cm³/mol. The maximum atomic E-state index is 12.5. The van der Waals surface area contributed by atoms with Crippen LogP contribution in [0.5, 0.6) is 11.5 Å². The van der Waals surface area contributed by atoms with Crippen molar-refractivity contribution in [3.05, 3.63) is 78.4 Å². The van der Waals surface area contributed by atoms with Crippen LogP contribution < -0.4 is 25.4 Å². The summed E-state index contributed by atoms with van der Waals surface area (Å²) in [5, 5.41) is 8.34. The lowest BCUT2D eigenvalue weighted by Gasteiger charge is -2.16. The molecule has 35 heavy (non-hydrogen) atoms. The fraction of sp³-hybridized carbons (Fsp3) is 0.192. The van der Waals surface area contributed by atoms with Crippen molar-refractivity contribution >= 4 is 34.8 Å². The zero-order chi connectivity index (χ0) is 25.2. The third kappa shape index (κ3) is 7.58. The van der Waals surface area contributed by atoms with Gasteiger partial charge in [0.2, 0.25) is 11.8 Å². The van der Waals surface area contributed by atoms with Crippen LogP contribution in [0.2, 0.25) is 0 Å². The number of carbonyl (C=O) groups is 3. The van der Waals surface area contributed by atoms with Crippen molar-refractivity contribution in [3.63, 3.8) is 0 Å². The lowest BCUT2D eigenvalue weighted by atomic mass is 10.2. The van der Waals surface area contributed by atoms with Gasteiger partial charge >= 0.3 is 0 Å². The second-order valence-electron chi connectivity index (χ2n) is 7.73. The van der Waals surface area contributed by atoms with Crippen LogP contribution in [-0.4, -0.2) is 57.0 Å². The molecule has 9 heteroatoms. The summed E-state index contributed by atoms with van der Waals surface area (Å²) in [4.78, 5) is 38.8. The maximum absolute atomic E-state index is 12.5. The molecule has 0 radical (unpaired) electrons. The van der Waals surface area contributed by atoms with Gasteiger partial charge in [-0.05, 0) is 55.6 Å². The van der Waals surface area contributed by atoms with Crippen molar-refractivity contribution < 1.29 is 23.9 Å². The number of amides is 3. The van der Waals surface area contributed by atoms with E-state index in [9.17, 15) is 14.4 Å². The van der Waals surface area contributed by atoms with E-state index in [2.05, 4.69) is 16.0 Å². The van der Waals surface area contributed by atoms with E-state index in [1.165, 1.54) is 7.11 Å². The molecule has 0 aromatic heterocycles. The van der Waals surface area contributed by atoms with Gasteiger partial charge in [0.25, 0.3) is 5.91 Å². The third-order valence-electron chi connectivity index (χ3n) is 4.97. The molecule has 0 atom stereocenters. The van der Waals surface area contributed by atoms with E-state index in [-0.39, 0.29) is 30.8 Å². The zero-order valence-electron chi connectivity index (χ0n) is 19.8. The summed E-state index contributed by atoms with van der Waals surface area (Å²) in [7, 11) is 4.76. The first kappa shape index (κ1) is 25.3. The molecular weight excluding hydrogens is 448 g/mol. The second kappa shape index (κ2) is 12.2. The predicted octanol–water partition coefficient (Wildman–Crippen LogP) is 3.47. The first-order valence-corrected chi connectivity index (χ1v) is 10.8. The number of hydrogen-bond acceptors (Lipinski definition) is 6. The number of carbonyl (C=O) groups excluding carboxylic acids is 3. The molecule has 0 saturated carbocycles. The molecule has 0 bridgehead atoms. The molecule has 0 saturated heterocycles. The Balaban J connectivity index is 1.48. The van der Waals surface area contributed by atoms with E-state index in [1.807, 2.05) is 6.07 Å². The molecule has 182 valence electrons. The number of para-hydroxylation sites is 2. The highest BCUT2D eigenvalue weighted by Crippen LogP contribution is 2.24. The summed E-state index contributed by atoms with van der Waals surface area (Å²) in [5.41, 5.74) is 2.15. The quantitative estimate of drug-likeness (QED) is 0.414. The summed E-state index contributed by atoms with van der Waals surface area (Å²) in [6, 6.07) is 20.7. The van der Waals surface area contributed by atoms with Gasteiger partial charge in [-0.25, -0.2) is 0 Å². The average Bonchev–Trinajstić information content (AvgIpc) is 2.84. The molecule has 9 nitrogen and oxygen atoms in total. The minimum atomic E-state index is -0.297. The minimum Gasteiger partial charge on any atom is -0.497 e. The lowest BCUT2D eigenvalue weighted by molar-refractivity contribution is -0.119. The number of benzene rings is 3. The van der Waals surface area contributed by atoms with E-state index < -0.39 is 0 Å². The van der Waals surface area contributed by atoms with Gasteiger partial charge in [0.05, 0.1) is 33.0 Å². The number of nitrogens with zero attached hydrogens (tertiary/aromatic N) is 1. The molecule has 0 aliphatic rings. The molecule has 3 N–H and O–H groups in total.